The first-order chi connectivity index (χ1) is 6.00. The van der Waals surface area contributed by atoms with Crippen LogP contribution in [-0.4, -0.2) is 41.5 Å². The van der Waals surface area contributed by atoms with E-state index in [2.05, 4.69) is 0 Å². The zero-order valence-electron chi connectivity index (χ0n) is 8.29. The maximum Gasteiger partial charge on any atom is 0.240 e. The molecule has 3 nitrogen and oxygen atoms in total. The topological polar surface area (TPSA) is 29.5 Å². The second-order valence-corrected chi connectivity index (χ2v) is 4.27. The van der Waals surface area contributed by atoms with Gasteiger partial charge in [-0.3, -0.25) is 4.79 Å². The molecule has 1 rings (SSSR count). The summed E-state index contributed by atoms with van der Waals surface area (Å²) in [4.78, 5) is 13.3. The summed E-state index contributed by atoms with van der Waals surface area (Å²) in [5.41, 5.74) is 0. The number of alkyl halides is 1. The molecule has 0 N–H and O–H groups in total. The number of hydrogen-bond donors (Lipinski definition) is 0. The molecule has 0 aromatic heterocycles. The van der Waals surface area contributed by atoms with Crippen LogP contribution in [0.2, 0.25) is 0 Å². The van der Waals surface area contributed by atoms with Crippen LogP contribution in [0.15, 0.2) is 0 Å². The van der Waals surface area contributed by atoms with Gasteiger partial charge in [0.15, 0.2) is 0 Å². The minimum Gasteiger partial charge on any atom is -0.372 e. The molecular weight excluding hydrogens is 190 g/mol. The summed E-state index contributed by atoms with van der Waals surface area (Å²) in [6.45, 7) is 6.94. The molecule has 0 spiro atoms. The van der Waals surface area contributed by atoms with Gasteiger partial charge in [-0.1, -0.05) is 0 Å². The van der Waals surface area contributed by atoms with Gasteiger partial charge in [-0.15, -0.1) is 11.6 Å². The van der Waals surface area contributed by atoms with E-state index < -0.39 is 5.38 Å². The highest BCUT2D eigenvalue weighted by molar-refractivity contribution is 6.30. The minimum absolute atomic E-state index is 0.00340. The van der Waals surface area contributed by atoms with Crippen molar-refractivity contribution in [2.45, 2.75) is 38.4 Å². The van der Waals surface area contributed by atoms with Crippen LogP contribution in [0.5, 0.6) is 0 Å². The maximum atomic E-state index is 11.5. The third-order valence-corrected chi connectivity index (χ3v) is 2.26. The van der Waals surface area contributed by atoms with Crippen LogP contribution in [0, 0.1) is 0 Å². The molecule has 3 atom stereocenters. The molecule has 0 aromatic carbocycles. The highest BCUT2D eigenvalue weighted by Gasteiger charge is 2.27. The van der Waals surface area contributed by atoms with Crippen molar-refractivity contribution in [3.8, 4) is 0 Å². The summed E-state index contributed by atoms with van der Waals surface area (Å²) in [5, 5.41) is -0.433. The third kappa shape index (κ3) is 2.85. The van der Waals surface area contributed by atoms with E-state index in [1.165, 1.54) is 0 Å². The lowest BCUT2D eigenvalue weighted by molar-refractivity contribution is -0.142. The van der Waals surface area contributed by atoms with E-state index in [0.717, 1.165) is 0 Å². The van der Waals surface area contributed by atoms with Gasteiger partial charge in [-0.25, -0.2) is 0 Å². The average molecular weight is 206 g/mol. The molecule has 76 valence electrons. The van der Waals surface area contributed by atoms with E-state index in [1.807, 2.05) is 13.8 Å². The summed E-state index contributed by atoms with van der Waals surface area (Å²) < 4.78 is 5.51. The Hall–Kier alpha value is -0.280. The van der Waals surface area contributed by atoms with E-state index in [4.69, 9.17) is 16.3 Å². The number of rotatable bonds is 1. The van der Waals surface area contributed by atoms with Gasteiger partial charge in [0.25, 0.3) is 0 Å². The Balaban J connectivity index is 2.55. The molecule has 1 aliphatic rings. The summed E-state index contributed by atoms with van der Waals surface area (Å²) in [7, 11) is 0. The largest absolute Gasteiger partial charge is 0.372 e. The highest BCUT2D eigenvalue weighted by atomic mass is 35.5. The highest BCUT2D eigenvalue weighted by Crippen LogP contribution is 2.13. The molecule has 1 aliphatic heterocycles. The zero-order valence-corrected chi connectivity index (χ0v) is 9.04. The average Bonchev–Trinajstić information content (AvgIpc) is 2.01. The van der Waals surface area contributed by atoms with Crippen LogP contribution in [-0.2, 0) is 9.53 Å². The van der Waals surface area contributed by atoms with Crippen LogP contribution in [0.4, 0.5) is 0 Å². The van der Waals surface area contributed by atoms with Crippen LogP contribution >= 0.6 is 11.6 Å². The third-order valence-electron chi connectivity index (χ3n) is 2.07. The van der Waals surface area contributed by atoms with Crippen LogP contribution in [0.1, 0.15) is 20.8 Å². The molecule has 0 bridgehead atoms. The minimum atomic E-state index is -0.433. The number of morpholine rings is 1. The van der Waals surface area contributed by atoms with E-state index in [-0.39, 0.29) is 18.1 Å². The van der Waals surface area contributed by atoms with Crippen molar-refractivity contribution < 1.29 is 9.53 Å². The Bertz CT molecular complexity index is 186. The summed E-state index contributed by atoms with van der Waals surface area (Å²) in [6.07, 6.45) is 0.228. The van der Waals surface area contributed by atoms with Gasteiger partial charge < -0.3 is 9.64 Å². The van der Waals surface area contributed by atoms with Gasteiger partial charge in [0, 0.05) is 13.1 Å². The summed E-state index contributed by atoms with van der Waals surface area (Å²) in [5.74, 6) is 0.00340. The van der Waals surface area contributed by atoms with Gasteiger partial charge in [0.2, 0.25) is 5.91 Å². The van der Waals surface area contributed by atoms with E-state index in [0.29, 0.717) is 13.1 Å². The smallest absolute Gasteiger partial charge is 0.240 e. The van der Waals surface area contributed by atoms with Gasteiger partial charge in [-0.05, 0) is 20.8 Å². The fourth-order valence-corrected chi connectivity index (χ4v) is 1.75. The number of amides is 1. The number of hydrogen-bond acceptors (Lipinski definition) is 2. The van der Waals surface area contributed by atoms with Crippen molar-refractivity contribution in [1.82, 2.24) is 4.90 Å². The number of carbonyl (C=O) groups is 1. The molecule has 1 heterocycles. The maximum absolute atomic E-state index is 11.5. The van der Waals surface area contributed by atoms with Crippen molar-refractivity contribution in [3.05, 3.63) is 0 Å². The summed E-state index contributed by atoms with van der Waals surface area (Å²) in [6, 6.07) is 0. The number of carbonyl (C=O) groups excluding carboxylic acids is 1. The Labute approximate surface area is 84.0 Å². The van der Waals surface area contributed by atoms with Crippen LogP contribution in [0.25, 0.3) is 0 Å². The van der Waals surface area contributed by atoms with Gasteiger partial charge in [-0.2, -0.15) is 0 Å². The summed E-state index contributed by atoms with van der Waals surface area (Å²) >= 11 is 5.72. The molecule has 0 unspecified atom stereocenters. The van der Waals surface area contributed by atoms with E-state index in [9.17, 15) is 4.79 Å². The van der Waals surface area contributed by atoms with Gasteiger partial charge in [0.05, 0.1) is 12.2 Å². The standard InChI is InChI=1S/C9H16ClNO2/c1-6-4-11(5-7(2)13-6)9(12)8(3)10/h6-8H,4-5H2,1-3H3/t6-,7+,8-/m1/s1. The fraction of sp³-hybridized carbons (Fsp3) is 0.889. The van der Waals surface area contributed by atoms with Crippen molar-refractivity contribution in [3.63, 3.8) is 0 Å². The number of ether oxygens (including phenoxy) is 1. The van der Waals surface area contributed by atoms with E-state index >= 15 is 0 Å². The lowest BCUT2D eigenvalue weighted by Crippen LogP contribution is -2.50. The second kappa shape index (κ2) is 4.29. The fourth-order valence-electron chi connectivity index (χ4n) is 1.61. The van der Waals surface area contributed by atoms with Crippen molar-refractivity contribution in [2.24, 2.45) is 0 Å². The quantitative estimate of drug-likeness (QED) is 0.603. The molecule has 1 saturated heterocycles. The molecule has 1 fully saturated rings. The zero-order chi connectivity index (χ0) is 10.0. The van der Waals surface area contributed by atoms with Gasteiger partial charge >= 0.3 is 0 Å². The van der Waals surface area contributed by atoms with Crippen molar-refractivity contribution in [1.29, 1.82) is 0 Å². The molecule has 4 heteroatoms. The predicted octanol–water partition coefficient (Wildman–Crippen LogP) is 1.25. The Morgan fingerprint density at radius 1 is 1.46 bits per heavy atom. The Kier molecular flexibility index (Phi) is 3.56. The SMILES string of the molecule is C[C@@H]1CN(C(=O)[C@@H](C)Cl)C[C@H](C)O1. The van der Waals surface area contributed by atoms with Crippen LogP contribution in [0.3, 0.4) is 0 Å². The molecule has 0 aromatic rings. The monoisotopic (exact) mass is 205 g/mol. The molecule has 1 amide bonds. The molecule has 0 radical (unpaired) electrons. The molecular formula is C9H16ClNO2. The number of halogens is 1. The molecule has 0 aliphatic carbocycles. The molecule has 0 saturated carbocycles. The first-order valence-corrected chi connectivity index (χ1v) is 5.02. The predicted molar refractivity (Wildman–Crippen MR) is 51.9 cm³/mol. The normalized spacial score (nSPS) is 31.5. The Morgan fingerprint density at radius 3 is 2.31 bits per heavy atom. The first kappa shape index (κ1) is 10.8. The second-order valence-electron chi connectivity index (χ2n) is 3.62. The van der Waals surface area contributed by atoms with Crippen LogP contribution < -0.4 is 0 Å². The lowest BCUT2D eigenvalue weighted by Gasteiger charge is -2.35. The van der Waals surface area contributed by atoms with Crippen molar-refractivity contribution >= 4 is 17.5 Å². The Morgan fingerprint density at radius 2 is 1.92 bits per heavy atom. The van der Waals surface area contributed by atoms with E-state index in [1.54, 1.807) is 11.8 Å². The molecule has 13 heavy (non-hydrogen) atoms. The van der Waals surface area contributed by atoms with Crippen molar-refractivity contribution in [2.75, 3.05) is 13.1 Å². The lowest BCUT2D eigenvalue weighted by atomic mass is 10.2. The number of nitrogens with zero attached hydrogens (tertiary/aromatic N) is 1. The first-order valence-electron chi connectivity index (χ1n) is 4.59. The van der Waals surface area contributed by atoms with Gasteiger partial charge in [0.1, 0.15) is 5.38 Å².